The molecule has 0 heterocycles. The van der Waals surface area contributed by atoms with Crippen molar-refractivity contribution < 1.29 is 68.0 Å². The molecule has 0 saturated heterocycles. The van der Waals surface area contributed by atoms with Gasteiger partial charge < -0.3 is 51.6 Å². The van der Waals surface area contributed by atoms with Crippen LogP contribution in [0.2, 0.25) is 0 Å². The number of hydrogen-bond donors (Lipinski definition) is 3. The van der Waals surface area contributed by atoms with Crippen LogP contribution in [0.15, 0.2) is 0 Å². The Morgan fingerprint density at radius 3 is 1.12 bits per heavy atom. The molecule has 10 nitrogen and oxygen atoms in total. The first-order valence-corrected chi connectivity index (χ1v) is 2.77. The molecule has 16 heavy (non-hydrogen) atoms. The SMILES string of the molecule is O.O.O.O=C([O-])C(=O)[O-].OCC(O)CO.[Ni+2]. The Bertz CT molecular complexity index is 134. The molecule has 0 aromatic heterocycles. The summed E-state index contributed by atoms with van der Waals surface area (Å²) in [6.07, 6.45) is -0.954. The first-order chi connectivity index (χ1) is 5.45. The maximum Gasteiger partial charge on any atom is 2.00 e. The van der Waals surface area contributed by atoms with E-state index < -0.39 is 18.0 Å². The van der Waals surface area contributed by atoms with Crippen LogP contribution < -0.4 is 10.2 Å². The van der Waals surface area contributed by atoms with E-state index in [0.29, 0.717) is 0 Å². The average Bonchev–Trinajstić information content (AvgIpc) is 2.04. The molecule has 0 radical (unpaired) electrons. The number of carbonyl (C=O) groups is 2. The minimum atomic E-state index is -2.19. The maximum absolute atomic E-state index is 8.93. The molecule has 0 aromatic carbocycles. The van der Waals surface area contributed by atoms with Crippen molar-refractivity contribution in [3.8, 4) is 0 Å². The molecule has 11 heteroatoms. The van der Waals surface area contributed by atoms with Gasteiger partial charge in [-0.1, -0.05) is 0 Å². The molecule has 0 aliphatic carbocycles. The summed E-state index contributed by atoms with van der Waals surface area (Å²) >= 11 is 0. The standard InChI is InChI=1S/C3H8O3.C2H2O4.Ni.3H2O/c4-1-3(6)2-5;3-1(4)2(5)6;;;;/h3-6H,1-2H2;(H,3,4)(H,5,6);;3*1H2/q;;+2;;;/p-2. The van der Waals surface area contributed by atoms with Crippen LogP contribution in [0.5, 0.6) is 0 Å². The van der Waals surface area contributed by atoms with Crippen molar-refractivity contribution in [2.45, 2.75) is 6.10 Å². The zero-order valence-electron chi connectivity index (χ0n) is 7.78. The number of aliphatic hydroxyl groups is 3. The summed E-state index contributed by atoms with van der Waals surface area (Å²) in [6, 6.07) is 0. The van der Waals surface area contributed by atoms with Gasteiger partial charge in [-0.3, -0.25) is 0 Å². The molecule has 9 N–H and O–H groups in total. The second-order valence-electron chi connectivity index (χ2n) is 1.59. The molecule has 0 spiro atoms. The van der Waals surface area contributed by atoms with Crippen molar-refractivity contribution in [1.82, 2.24) is 0 Å². The predicted octanol–water partition coefficient (Wildman–Crippen LogP) is -7.66. The molecule has 0 saturated carbocycles. The quantitative estimate of drug-likeness (QED) is 0.327. The van der Waals surface area contributed by atoms with Gasteiger partial charge in [0.2, 0.25) is 0 Å². The van der Waals surface area contributed by atoms with Gasteiger partial charge in [-0.05, 0) is 0 Å². The average molecular weight is 293 g/mol. The van der Waals surface area contributed by atoms with E-state index in [0.717, 1.165) is 0 Å². The number of rotatable bonds is 2. The Kier molecular flexibility index (Phi) is 53.8. The van der Waals surface area contributed by atoms with Crippen molar-refractivity contribution >= 4 is 11.9 Å². The summed E-state index contributed by atoms with van der Waals surface area (Å²) < 4.78 is 0. The third kappa shape index (κ3) is 37.9. The van der Waals surface area contributed by atoms with Crippen LogP contribution in [0, 0.1) is 0 Å². The first kappa shape index (κ1) is 36.2. The minimum Gasteiger partial charge on any atom is -0.543 e. The van der Waals surface area contributed by atoms with Crippen LogP contribution in [0.1, 0.15) is 0 Å². The van der Waals surface area contributed by atoms with E-state index in [9.17, 15) is 0 Å². The Morgan fingerprint density at radius 2 is 1.12 bits per heavy atom. The maximum atomic E-state index is 8.93. The molecule has 0 fully saturated rings. The van der Waals surface area contributed by atoms with Crippen LogP contribution in [-0.2, 0) is 26.1 Å². The van der Waals surface area contributed by atoms with Crippen molar-refractivity contribution in [3.05, 3.63) is 0 Å². The van der Waals surface area contributed by atoms with E-state index in [1.807, 2.05) is 0 Å². The van der Waals surface area contributed by atoms with Gasteiger partial charge in [0.25, 0.3) is 0 Å². The van der Waals surface area contributed by atoms with Crippen LogP contribution in [0.4, 0.5) is 0 Å². The van der Waals surface area contributed by atoms with E-state index in [1.165, 1.54) is 0 Å². The summed E-state index contributed by atoms with van der Waals surface area (Å²) in [7, 11) is 0. The van der Waals surface area contributed by atoms with Crippen molar-refractivity contribution in [2.75, 3.05) is 13.2 Å². The number of aliphatic carboxylic acids is 2. The van der Waals surface area contributed by atoms with Crippen molar-refractivity contribution in [2.24, 2.45) is 0 Å². The molecule has 0 atom stereocenters. The topological polar surface area (TPSA) is 235 Å². The molecule has 104 valence electrons. The molecule has 0 bridgehead atoms. The van der Waals surface area contributed by atoms with Gasteiger partial charge in [-0.25, -0.2) is 0 Å². The molecular weight excluding hydrogens is 279 g/mol. The van der Waals surface area contributed by atoms with E-state index in [4.69, 9.17) is 35.1 Å². The molecule has 0 aromatic rings. The molecule has 0 amide bonds. The van der Waals surface area contributed by atoms with Crippen molar-refractivity contribution in [3.63, 3.8) is 0 Å². The van der Waals surface area contributed by atoms with Gasteiger partial charge in [0.15, 0.2) is 0 Å². The Balaban J connectivity index is -0.0000000250. The molecule has 0 aliphatic rings. The summed E-state index contributed by atoms with van der Waals surface area (Å²) in [5.74, 6) is -4.37. The van der Waals surface area contributed by atoms with Gasteiger partial charge in [-0.15, -0.1) is 0 Å². The van der Waals surface area contributed by atoms with Gasteiger partial charge in [0.1, 0.15) is 6.10 Å². The van der Waals surface area contributed by atoms with Crippen LogP contribution in [-0.4, -0.2) is 63.0 Å². The Morgan fingerprint density at radius 1 is 0.938 bits per heavy atom. The third-order valence-electron chi connectivity index (χ3n) is 0.588. The first-order valence-electron chi connectivity index (χ1n) is 2.77. The fraction of sp³-hybridized carbons (Fsp3) is 0.600. The van der Waals surface area contributed by atoms with Gasteiger partial charge in [0, 0.05) is 0 Å². The number of hydrogen-bond acceptors (Lipinski definition) is 7. The Hall–Kier alpha value is -0.806. The monoisotopic (exact) mass is 292 g/mol. The van der Waals surface area contributed by atoms with Crippen LogP contribution in [0.3, 0.4) is 0 Å². The smallest absolute Gasteiger partial charge is 0.543 e. The van der Waals surface area contributed by atoms with E-state index in [1.54, 1.807) is 0 Å². The molecule has 0 rings (SSSR count). The molecule has 0 unspecified atom stereocenters. The van der Waals surface area contributed by atoms with Gasteiger partial charge in [-0.2, -0.15) is 0 Å². The fourth-order valence-corrected chi connectivity index (χ4v) is 0.0577. The van der Waals surface area contributed by atoms with Crippen molar-refractivity contribution in [1.29, 1.82) is 0 Å². The molecular formula is C5H14NiO10. The van der Waals surface area contributed by atoms with E-state index in [-0.39, 0.29) is 46.1 Å². The van der Waals surface area contributed by atoms with E-state index >= 15 is 0 Å². The summed E-state index contributed by atoms with van der Waals surface area (Å²) in [5.41, 5.74) is 0. The number of aliphatic hydroxyl groups excluding tert-OH is 3. The second kappa shape index (κ2) is 23.8. The Labute approximate surface area is 100.0 Å². The number of carboxylic acid groups (broad SMARTS) is 2. The predicted molar refractivity (Wildman–Crippen MR) is 41.0 cm³/mol. The number of carboxylic acids is 2. The molecule has 0 aliphatic heterocycles. The van der Waals surface area contributed by atoms with Crippen LogP contribution >= 0.6 is 0 Å². The van der Waals surface area contributed by atoms with Crippen LogP contribution in [0.25, 0.3) is 0 Å². The van der Waals surface area contributed by atoms with Gasteiger partial charge in [0.05, 0.1) is 25.2 Å². The second-order valence-corrected chi connectivity index (χ2v) is 1.59. The zero-order chi connectivity index (χ0) is 10.1. The van der Waals surface area contributed by atoms with E-state index in [2.05, 4.69) is 0 Å². The zero-order valence-corrected chi connectivity index (χ0v) is 8.77. The summed E-state index contributed by atoms with van der Waals surface area (Å²) in [6.45, 7) is -0.729. The minimum absolute atomic E-state index is 0. The van der Waals surface area contributed by atoms with Gasteiger partial charge >= 0.3 is 16.5 Å². The summed E-state index contributed by atoms with van der Waals surface area (Å²) in [4.78, 5) is 17.9. The number of carbonyl (C=O) groups excluding carboxylic acids is 2. The summed E-state index contributed by atoms with van der Waals surface area (Å²) in [5, 5.41) is 41.9. The fourth-order valence-electron chi connectivity index (χ4n) is 0.0577. The largest absolute Gasteiger partial charge is 2.00 e. The normalized spacial score (nSPS) is 6.50. The third-order valence-corrected chi connectivity index (χ3v) is 0.588.